The van der Waals surface area contributed by atoms with Gasteiger partial charge < -0.3 is 5.32 Å². The third kappa shape index (κ3) is 3.85. The largest absolute Gasteiger partial charge is 0.311 e. The van der Waals surface area contributed by atoms with Gasteiger partial charge in [-0.1, -0.05) is 48.1 Å². The first-order chi connectivity index (χ1) is 9.22. The summed E-state index contributed by atoms with van der Waals surface area (Å²) >= 11 is 1.73. The molecule has 0 saturated carbocycles. The Hall–Kier alpha value is -1.26. The van der Waals surface area contributed by atoms with Crippen LogP contribution in [0.2, 0.25) is 0 Å². The molecule has 1 aromatic heterocycles. The molecule has 1 atom stereocenters. The van der Waals surface area contributed by atoms with Crippen LogP contribution < -0.4 is 5.32 Å². The zero-order chi connectivity index (χ0) is 13.7. The van der Waals surface area contributed by atoms with Gasteiger partial charge in [0, 0.05) is 6.42 Å². The van der Waals surface area contributed by atoms with Crippen LogP contribution in [0.3, 0.4) is 0 Å². The minimum Gasteiger partial charge on any atom is -0.311 e. The zero-order valence-electron chi connectivity index (χ0n) is 11.8. The van der Waals surface area contributed by atoms with Gasteiger partial charge in [-0.25, -0.2) is 0 Å². The fourth-order valence-corrected chi connectivity index (χ4v) is 3.17. The molecule has 0 aliphatic rings. The Morgan fingerprint density at radius 1 is 1.26 bits per heavy atom. The molecule has 0 fully saturated rings. The van der Waals surface area contributed by atoms with E-state index in [0.717, 1.165) is 29.3 Å². The average Bonchev–Trinajstić information content (AvgIpc) is 2.87. The van der Waals surface area contributed by atoms with Gasteiger partial charge in [-0.3, -0.25) is 0 Å². The van der Waals surface area contributed by atoms with Gasteiger partial charge in [0.05, 0.1) is 6.04 Å². The van der Waals surface area contributed by atoms with E-state index in [1.54, 1.807) is 11.3 Å². The van der Waals surface area contributed by atoms with Gasteiger partial charge in [0.2, 0.25) is 0 Å². The van der Waals surface area contributed by atoms with Crippen LogP contribution in [0.5, 0.6) is 0 Å². The Morgan fingerprint density at radius 3 is 2.79 bits per heavy atom. The quantitative estimate of drug-likeness (QED) is 0.879. The fraction of sp³-hybridized carbons (Fsp3) is 0.467. The van der Waals surface area contributed by atoms with Gasteiger partial charge in [-0.2, -0.15) is 0 Å². The predicted octanol–water partition coefficient (Wildman–Crippen LogP) is 3.30. The Balaban J connectivity index is 1.97. The molecule has 0 bridgehead atoms. The number of aryl methyl sites for hydroxylation is 3. The molecule has 0 aliphatic carbocycles. The molecule has 3 nitrogen and oxygen atoms in total. The molecule has 19 heavy (non-hydrogen) atoms. The normalized spacial score (nSPS) is 12.6. The van der Waals surface area contributed by atoms with Crippen LogP contribution in [-0.4, -0.2) is 17.2 Å². The second-order valence-corrected chi connectivity index (χ2v) is 5.87. The van der Waals surface area contributed by atoms with Gasteiger partial charge in [0.1, 0.15) is 10.0 Å². The molecular formula is C15H21N3S. The molecule has 0 saturated heterocycles. The summed E-state index contributed by atoms with van der Waals surface area (Å²) in [6, 6.07) is 9.00. The van der Waals surface area contributed by atoms with Crippen molar-refractivity contribution in [2.24, 2.45) is 0 Å². The van der Waals surface area contributed by atoms with Crippen LogP contribution in [-0.2, 0) is 12.8 Å². The van der Waals surface area contributed by atoms with Crippen LogP contribution in [0.25, 0.3) is 0 Å². The number of nitrogens with one attached hydrogen (secondary N) is 1. The van der Waals surface area contributed by atoms with E-state index in [1.165, 1.54) is 11.1 Å². The highest BCUT2D eigenvalue weighted by Crippen LogP contribution is 2.21. The topological polar surface area (TPSA) is 37.8 Å². The number of rotatable bonds is 6. The number of aromatic nitrogens is 2. The lowest BCUT2D eigenvalue weighted by molar-refractivity contribution is 0.568. The van der Waals surface area contributed by atoms with Crippen molar-refractivity contribution in [2.75, 3.05) is 7.05 Å². The lowest BCUT2D eigenvalue weighted by Gasteiger charge is -2.08. The number of benzene rings is 1. The first-order valence-electron chi connectivity index (χ1n) is 6.78. The van der Waals surface area contributed by atoms with Gasteiger partial charge in [-0.15, -0.1) is 10.2 Å². The van der Waals surface area contributed by atoms with E-state index in [-0.39, 0.29) is 0 Å². The molecule has 2 aromatic rings. The van der Waals surface area contributed by atoms with Crippen molar-refractivity contribution in [2.45, 2.75) is 39.2 Å². The van der Waals surface area contributed by atoms with Crippen molar-refractivity contribution in [3.05, 3.63) is 45.4 Å². The standard InChI is InChI=1S/C15H21N3S/c1-4-13(16-3)15-18-17-14(19-15)9-8-12-7-5-6-11(2)10-12/h5-7,10,13,16H,4,8-9H2,1-3H3. The van der Waals surface area contributed by atoms with Crippen LogP contribution in [0.15, 0.2) is 24.3 Å². The summed E-state index contributed by atoms with van der Waals surface area (Å²) in [4.78, 5) is 0. The highest BCUT2D eigenvalue weighted by Gasteiger charge is 2.12. The highest BCUT2D eigenvalue weighted by molar-refractivity contribution is 7.11. The molecule has 102 valence electrons. The number of hydrogen-bond acceptors (Lipinski definition) is 4. The number of hydrogen-bond donors (Lipinski definition) is 1. The molecule has 1 aromatic carbocycles. The molecule has 2 rings (SSSR count). The van der Waals surface area contributed by atoms with Crippen LogP contribution in [0.4, 0.5) is 0 Å². The Labute approximate surface area is 119 Å². The van der Waals surface area contributed by atoms with Crippen molar-refractivity contribution in [1.29, 1.82) is 0 Å². The molecular weight excluding hydrogens is 254 g/mol. The van der Waals surface area contributed by atoms with Crippen molar-refractivity contribution >= 4 is 11.3 Å². The van der Waals surface area contributed by atoms with Crippen molar-refractivity contribution in [1.82, 2.24) is 15.5 Å². The fourth-order valence-electron chi connectivity index (χ4n) is 2.13. The van der Waals surface area contributed by atoms with E-state index < -0.39 is 0 Å². The molecule has 4 heteroatoms. The van der Waals surface area contributed by atoms with Gasteiger partial charge in [0.25, 0.3) is 0 Å². The average molecular weight is 275 g/mol. The molecule has 0 amide bonds. The molecule has 0 aliphatic heterocycles. The zero-order valence-corrected chi connectivity index (χ0v) is 12.6. The molecule has 0 spiro atoms. The van der Waals surface area contributed by atoms with E-state index in [4.69, 9.17) is 0 Å². The monoisotopic (exact) mass is 275 g/mol. The lowest BCUT2D eigenvalue weighted by Crippen LogP contribution is -2.14. The number of nitrogens with zero attached hydrogens (tertiary/aromatic N) is 2. The Kier molecular flexibility index (Phi) is 5.05. The summed E-state index contributed by atoms with van der Waals surface area (Å²) in [6.45, 7) is 4.29. The van der Waals surface area contributed by atoms with Gasteiger partial charge >= 0.3 is 0 Å². The summed E-state index contributed by atoms with van der Waals surface area (Å²) in [5.41, 5.74) is 2.69. The van der Waals surface area contributed by atoms with Crippen LogP contribution in [0.1, 0.15) is 40.5 Å². The second kappa shape index (κ2) is 6.78. The SMILES string of the molecule is CCC(NC)c1nnc(CCc2cccc(C)c2)s1. The smallest absolute Gasteiger partial charge is 0.134 e. The minimum atomic E-state index is 0.338. The maximum atomic E-state index is 4.30. The minimum absolute atomic E-state index is 0.338. The van der Waals surface area contributed by atoms with E-state index in [1.807, 2.05) is 7.05 Å². The van der Waals surface area contributed by atoms with E-state index in [2.05, 4.69) is 53.6 Å². The van der Waals surface area contributed by atoms with Crippen molar-refractivity contribution < 1.29 is 0 Å². The Bertz CT molecular complexity index is 518. The first-order valence-corrected chi connectivity index (χ1v) is 7.59. The van der Waals surface area contributed by atoms with Crippen LogP contribution >= 0.6 is 11.3 Å². The Morgan fingerprint density at radius 2 is 2.11 bits per heavy atom. The van der Waals surface area contributed by atoms with Gasteiger partial charge in [-0.05, 0) is 32.4 Å². The maximum absolute atomic E-state index is 4.30. The molecule has 0 radical (unpaired) electrons. The van der Waals surface area contributed by atoms with Crippen LogP contribution in [0, 0.1) is 6.92 Å². The lowest BCUT2D eigenvalue weighted by atomic mass is 10.1. The highest BCUT2D eigenvalue weighted by atomic mass is 32.1. The van der Waals surface area contributed by atoms with Crippen molar-refractivity contribution in [3.63, 3.8) is 0 Å². The van der Waals surface area contributed by atoms with Crippen molar-refractivity contribution in [3.8, 4) is 0 Å². The first kappa shape index (κ1) is 14.2. The van der Waals surface area contributed by atoms with E-state index in [0.29, 0.717) is 6.04 Å². The van der Waals surface area contributed by atoms with Gasteiger partial charge in [0.15, 0.2) is 0 Å². The summed E-state index contributed by atoms with van der Waals surface area (Å²) < 4.78 is 0. The molecule has 1 N–H and O–H groups in total. The summed E-state index contributed by atoms with van der Waals surface area (Å²) in [6.07, 6.45) is 3.05. The summed E-state index contributed by atoms with van der Waals surface area (Å²) in [5.74, 6) is 0. The summed E-state index contributed by atoms with van der Waals surface area (Å²) in [7, 11) is 1.97. The second-order valence-electron chi connectivity index (χ2n) is 4.77. The molecule has 1 heterocycles. The molecule has 1 unspecified atom stereocenters. The third-order valence-electron chi connectivity index (χ3n) is 3.25. The van der Waals surface area contributed by atoms with E-state index in [9.17, 15) is 0 Å². The third-order valence-corrected chi connectivity index (χ3v) is 4.34. The maximum Gasteiger partial charge on any atom is 0.134 e. The summed E-state index contributed by atoms with van der Waals surface area (Å²) in [5, 5.41) is 14.1. The van der Waals surface area contributed by atoms with E-state index >= 15 is 0 Å². The predicted molar refractivity (Wildman–Crippen MR) is 80.6 cm³/mol.